The lowest BCUT2D eigenvalue weighted by atomic mass is 10.0. The second-order valence-corrected chi connectivity index (χ2v) is 6.71. The lowest BCUT2D eigenvalue weighted by Gasteiger charge is -2.25. The van der Waals surface area contributed by atoms with Crippen LogP contribution >= 0.6 is 0 Å². The van der Waals surface area contributed by atoms with Gasteiger partial charge < -0.3 is 10.2 Å². The van der Waals surface area contributed by atoms with Crippen LogP contribution in [0.25, 0.3) is 0 Å². The first-order valence-corrected chi connectivity index (χ1v) is 8.58. The quantitative estimate of drug-likeness (QED) is 0.849. The third kappa shape index (κ3) is 3.53. The Hall–Kier alpha value is -0.610. The highest BCUT2D eigenvalue weighted by Crippen LogP contribution is 2.21. The van der Waals surface area contributed by atoms with Gasteiger partial charge in [-0.25, -0.2) is 0 Å². The summed E-state index contributed by atoms with van der Waals surface area (Å²) in [6.07, 6.45) is 9.53. The highest BCUT2D eigenvalue weighted by molar-refractivity contribution is 5.76. The van der Waals surface area contributed by atoms with Gasteiger partial charge in [0.25, 0.3) is 0 Å². The molecule has 4 nitrogen and oxygen atoms in total. The Balaban J connectivity index is 1.39. The Morgan fingerprint density at radius 2 is 1.90 bits per heavy atom. The second kappa shape index (κ2) is 6.90. The van der Waals surface area contributed by atoms with Crippen LogP contribution in [-0.4, -0.2) is 60.5 Å². The molecule has 0 aromatic heterocycles. The van der Waals surface area contributed by atoms with Crippen LogP contribution in [0.3, 0.4) is 0 Å². The lowest BCUT2D eigenvalue weighted by molar-refractivity contribution is -0.130. The predicted octanol–water partition coefficient (Wildman–Crippen LogP) is 1.61. The average Bonchev–Trinajstić information content (AvgIpc) is 3.16. The van der Waals surface area contributed by atoms with E-state index in [1.54, 1.807) is 0 Å². The highest BCUT2D eigenvalue weighted by Gasteiger charge is 2.31. The van der Waals surface area contributed by atoms with Crippen LogP contribution in [0, 0.1) is 0 Å². The number of nitrogens with one attached hydrogen (secondary N) is 1. The van der Waals surface area contributed by atoms with Crippen molar-refractivity contribution in [3.05, 3.63) is 0 Å². The fourth-order valence-corrected chi connectivity index (χ4v) is 4.00. The summed E-state index contributed by atoms with van der Waals surface area (Å²) in [6, 6.07) is 1.24. The smallest absolute Gasteiger partial charge is 0.222 e. The molecule has 3 heterocycles. The second-order valence-electron chi connectivity index (χ2n) is 6.71. The molecular weight excluding hydrogens is 250 g/mol. The van der Waals surface area contributed by atoms with E-state index in [1.807, 2.05) is 0 Å². The minimum Gasteiger partial charge on any atom is -0.341 e. The fourth-order valence-electron chi connectivity index (χ4n) is 4.00. The average molecular weight is 279 g/mol. The molecule has 0 spiro atoms. The van der Waals surface area contributed by atoms with E-state index >= 15 is 0 Å². The van der Waals surface area contributed by atoms with Crippen LogP contribution in [0.2, 0.25) is 0 Å². The molecule has 2 atom stereocenters. The van der Waals surface area contributed by atoms with E-state index in [2.05, 4.69) is 15.1 Å². The number of rotatable bonds is 4. The summed E-state index contributed by atoms with van der Waals surface area (Å²) in [5, 5.41) is 3.54. The Morgan fingerprint density at radius 3 is 2.65 bits per heavy atom. The maximum Gasteiger partial charge on any atom is 0.222 e. The van der Waals surface area contributed by atoms with E-state index in [9.17, 15) is 4.79 Å². The van der Waals surface area contributed by atoms with Gasteiger partial charge >= 0.3 is 0 Å². The maximum atomic E-state index is 12.3. The van der Waals surface area contributed by atoms with Crippen molar-refractivity contribution < 1.29 is 4.79 Å². The number of piperidine rings is 1. The largest absolute Gasteiger partial charge is 0.341 e. The van der Waals surface area contributed by atoms with Crippen molar-refractivity contribution in [2.45, 2.75) is 63.5 Å². The number of hydrogen-bond acceptors (Lipinski definition) is 3. The Bertz CT molecular complexity index is 322. The standard InChI is InChI=1S/C16H29N3O/c20-16(7-6-14-5-1-2-9-17-14)19-12-8-15(13-19)18-10-3-4-11-18/h14-15,17H,1-13H2. The van der Waals surface area contributed by atoms with Crippen LogP contribution in [0.15, 0.2) is 0 Å². The van der Waals surface area contributed by atoms with Gasteiger partial charge in [0.15, 0.2) is 0 Å². The third-order valence-corrected chi connectivity index (χ3v) is 5.29. The van der Waals surface area contributed by atoms with Crippen molar-refractivity contribution in [3.8, 4) is 0 Å². The first kappa shape index (κ1) is 14.3. The molecule has 1 N–H and O–H groups in total. The summed E-state index contributed by atoms with van der Waals surface area (Å²) >= 11 is 0. The SMILES string of the molecule is O=C(CCC1CCCCN1)N1CCC(N2CCCC2)C1. The summed E-state index contributed by atoms with van der Waals surface area (Å²) < 4.78 is 0. The zero-order chi connectivity index (χ0) is 13.8. The van der Waals surface area contributed by atoms with Crippen LogP contribution in [0.1, 0.15) is 51.4 Å². The molecule has 3 rings (SSSR count). The molecule has 1 amide bonds. The molecule has 0 aromatic carbocycles. The monoisotopic (exact) mass is 279 g/mol. The lowest BCUT2D eigenvalue weighted by Crippen LogP contribution is -2.38. The topological polar surface area (TPSA) is 35.6 Å². The Kier molecular flexibility index (Phi) is 4.94. The summed E-state index contributed by atoms with van der Waals surface area (Å²) in [5.41, 5.74) is 0. The molecule has 114 valence electrons. The summed E-state index contributed by atoms with van der Waals surface area (Å²) in [4.78, 5) is 17.0. The van der Waals surface area contributed by atoms with E-state index in [1.165, 1.54) is 51.6 Å². The normalized spacial score (nSPS) is 31.9. The van der Waals surface area contributed by atoms with Gasteiger partial charge in [0.1, 0.15) is 0 Å². The predicted molar refractivity (Wildman–Crippen MR) is 80.7 cm³/mol. The van der Waals surface area contributed by atoms with Crippen LogP contribution in [0.4, 0.5) is 0 Å². The highest BCUT2D eigenvalue weighted by atomic mass is 16.2. The fraction of sp³-hybridized carbons (Fsp3) is 0.938. The van der Waals surface area contributed by atoms with Gasteiger partial charge in [-0.2, -0.15) is 0 Å². The molecule has 4 heteroatoms. The zero-order valence-corrected chi connectivity index (χ0v) is 12.6. The molecule has 0 aromatic rings. The number of likely N-dealkylation sites (tertiary alicyclic amines) is 2. The molecular formula is C16H29N3O. The first-order valence-electron chi connectivity index (χ1n) is 8.58. The first-order chi connectivity index (χ1) is 9.83. The molecule has 3 aliphatic rings. The van der Waals surface area contributed by atoms with Crippen LogP contribution in [0.5, 0.6) is 0 Å². The maximum absolute atomic E-state index is 12.3. The van der Waals surface area contributed by atoms with Gasteiger partial charge in [-0.3, -0.25) is 9.69 Å². The zero-order valence-electron chi connectivity index (χ0n) is 12.6. The molecule has 3 aliphatic heterocycles. The van der Waals surface area contributed by atoms with Gasteiger partial charge in [-0.1, -0.05) is 6.42 Å². The van der Waals surface area contributed by atoms with Crippen molar-refractivity contribution in [1.29, 1.82) is 0 Å². The van der Waals surface area contributed by atoms with Crippen molar-refractivity contribution in [2.24, 2.45) is 0 Å². The molecule has 3 fully saturated rings. The van der Waals surface area contributed by atoms with Crippen molar-refractivity contribution >= 4 is 5.91 Å². The molecule has 0 radical (unpaired) electrons. The van der Waals surface area contributed by atoms with E-state index in [-0.39, 0.29) is 0 Å². The van der Waals surface area contributed by atoms with Gasteiger partial charge in [-0.15, -0.1) is 0 Å². The number of hydrogen-bond donors (Lipinski definition) is 1. The number of carbonyl (C=O) groups excluding carboxylic acids is 1. The van der Waals surface area contributed by atoms with Crippen LogP contribution in [-0.2, 0) is 4.79 Å². The number of amides is 1. The summed E-state index contributed by atoms with van der Waals surface area (Å²) in [6.45, 7) is 5.60. The molecule has 0 bridgehead atoms. The minimum atomic E-state index is 0.388. The molecule has 20 heavy (non-hydrogen) atoms. The Labute approximate surface area is 122 Å². The number of nitrogens with zero attached hydrogens (tertiary/aromatic N) is 2. The Morgan fingerprint density at radius 1 is 1.05 bits per heavy atom. The third-order valence-electron chi connectivity index (χ3n) is 5.29. The summed E-state index contributed by atoms with van der Waals surface area (Å²) in [5.74, 6) is 0.388. The van der Waals surface area contributed by atoms with Gasteiger partial charge in [0.2, 0.25) is 5.91 Å². The van der Waals surface area contributed by atoms with Crippen molar-refractivity contribution in [3.63, 3.8) is 0 Å². The molecule has 2 unspecified atom stereocenters. The molecule has 0 saturated carbocycles. The van der Waals surface area contributed by atoms with Crippen molar-refractivity contribution in [2.75, 3.05) is 32.7 Å². The van der Waals surface area contributed by atoms with E-state index in [4.69, 9.17) is 0 Å². The van der Waals surface area contributed by atoms with Gasteiger partial charge in [0, 0.05) is 31.6 Å². The van der Waals surface area contributed by atoms with E-state index in [0.717, 1.165) is 32.5 Å². The van der Waals surface area contributed by atoms with Crippen LogP contribution < -0.4 is 5.32 Å². The number of carbonyl (C=O) groups is 1. The van der Waals surface area contributed by atoms with E-state index < -0.39 is 0 Å². The van der Waals surface area contributed by atoms with Gasteiger partial charge in [-0.05, 0) is 58.2 Å². The minimum absolute atomic E-state index is 0.388. The molecule has 3 saturated heterocycles. The van der Waals surface area contributed by atoms with Crippen molar-refractivity contribution in [1.82, 2.24) is 15.1 Å². The van der Waals surface area contributed by atoms with E-state index in [0.29, 0.717) is 18.0 Å². The van der Waals surface area contributed by atoms with Gasteiger partial charge in [0.05, 0.1) is 0 Å². The summed E-state index contributed by atoms with van der Waals surface area (Å²) in [7, 11) is 0. The molecule has 0 aliphatic carbocycles.